The second-order valence-electron chi connectivity index (χ2n) is 7.11. The number of piperidine rings is 1. The van der Waals surface area contributed by atoms with E-state index in [1.54, 1.807) is 0 Å². The van der Waals surface area contributed by atoms with Crippen LogP contribution in [0.25, 0.3) is 0 Å². The van der Waals surface area contributed by atoms with Crippen molar-refractivity contribution in [1.29, 1.82) is 0 Å². The number of nitrogens with zero attached hydrogens (tertiary/aromatic N) is 1. The van der Waals surface area contributed by atoms with Crippen LogP contribution in [0.4, 0.5) is 0 Å². The predicted octanol–water partition coefficient (Wildman–Crippen LogP) is 3.38. The van der Waals surface area contributed by atoms with Crippen LogP contribution in [0.2, 0.25) is 0 Å². The molecule has 0 aromatic rings. The molecule has 0 atom stereocenters. The van der Waals surface area contributed by atoms with Crippen LogP contribution in [0.3, 0.4) is 0 Å². The summed E-state index contributed by atoms with van der Waals surface area (Å²) >= 11 is 0. The molecule has 0 aromatic heterocycles. The molecular weight excluding hydrogens is 220 g/mol. The van der Waals surface area contributed by atoms with Crippen LogP contribution in [0.15, 0.2) is 0 Å². The number of likely N-dealkylation sites (tertiary alicyclic amines) is 1. The normalized spacial score (nSPS) is 19.3. The Morgan fingerprint density at radius 3 is 1.94 bits per heavy atom. The standard InChI is InChI=1S/C16H34N2/c1-13(2)10-16(11-14(3)4)17-12-15-6-8-18(5)9-7-15/h13-17H,6-12H2,1-5H3. The molecule has 1 aliphatic rings. The van der Waals surface area contributed by atoms with Gasteiger partial charge in [-0.15, -0.1) is 0 Å². The van der Waals surface area contributed by atoms with Gasteiger partial charge in [0.15, 0.2) is 0 Å². The first kappa shape index (κ1) is 16.0. The molecule has 1 saturated heterocycles. The smallest absolute Gasteiger partial charge is 0.00720 e. The van der Waals surface area contributed by atoms with Gasteiger partial charge in [-0.1, -0.05) is 27.7 Å². The van der Waals surface area contributed by atoms with Crippen molar-refractivity contribution in [1.82, 2.24) is 10.2 Å². The molecule has 1 fully saturated rings. The van der Waals surface area contributed by atoms with E-state index >= 15 is 0 Å². The van der Waals surface area contributed by atoms with Gasteiger partial charge < -0.3 is 10.2 Å². The lowest BCUT2D eigenvalue weighted by molar-refractivity contribution is 0.208. The third-order valence-corrected chi connectivity index (χ3v) is 4.05. The van der Waals surface area contributed by atoms with Crippen LogP contribution >= 0.6 is 0 Å². The fourth-order valence-electron chi connectivity index (χ4n) is 3.00. The van der Waals surface area contributed by atoms with E-state index in [1.807, 2.05) is 0 Å². The predicted molar refractivity (Wildman–Crippen MR) is 80.9 cm³/mol. The lowest BCUT2D eigenvalue weighted by Gasteiger charge is -2.31. The average Bonchev–Trinajstić information content (AvgIpc) is 2.26. The van der Waals surface area contributed by atoms with Crippen LogP contribution in [0, 0.1) is 17.8 Å². The highest BCUT2D eigenvalue weighted by molar-refractivity contribution is 4.76. The van der Waals surface area contributed by atoms with E-state index in [-0.39, 0.29) is 0 Å². The zero-order valence-corrected chi connectivity index (χ0v) is 13.2. The molecular formula is C16H34N2. The van der Waals surface area contributed by atoms with E-state index in [9.17, 15) is 0 Å². The lowest BCUT2D eigenvalue weighted by atomic mass is 9.93. The highest BCUT2D eigenvalue weighted by Crippen LogP contribution is 2.17. The average molecular weight is 254 g/mol. The first-order valence-electron chi connectivity index (χ1n) is 7.89. The van der Waals surface area contributed by atoms with E-state index in [1.165, 1.54) is 45.3 Å². The summed E-state index contributed by atoms with van der Waals surface area (Å²) in [4.78, 5) is 2.45. The van der Waals surface area contributed by atoms with Crippen LogP contribution in [-0.2, 0) is 0 Å². The van der Waals surface area contributed by atoms with Crippen molar-refractivity contribution in [3.63, 3.8) is 0 Å². The van der Waals surface area contributed by atoms with E-state index in [2.05, 4.69) is 45.0 Å². The molecule has 1 heterocycles. The summed E-state index contributed by atoms with van der Waals surface area (Å²) < 4.78 is 0. The molecule has 1 aliphatic heterocycles. The van der Waals surface area contributed by atoms with Crippen molar-refractivity contribution in [3.8, 4) is 0 Å². The number of hydrogen-bond acceptors (Lipinski definition) is 2. The van der Waals surface area contributed by atoms with E-state index in [0.717, 1.165) is 23.8 Å². The highest BCUT2D eigenvalue weighted by Gasteiger charge is 2.19. The Balaban J connectivity index is 2.27. The summed E-state index contributed by atoms with van der Waals surface area (Å²) in [6.07, 6.45) is 5.40. The molecule has 18 heavy (non-hydrogen) atoms. The van der Waals surface area contributed by atoms with Crippen molar-refractivity contribution in [3.05, 3.63) is 0 Å². The molecule has 0 aromatic carbocycles. The SMILES string of the molecule is CC(C)CC(CC(C)C)NCC1CCN(C)CC1. The Bertz CT molecular complexity index is 195. The Labute approximate surface area is 115 Å². The topological polar surface area (TPSA) is 15.3 Å². The molecule has 0 spiro atoms. The monoisotopic (exact) mass is 254 g/mol. The maximum absolute atomic E-state index is 3.85. The van der Waals surface area contributed by atoms with Gasteiger partial charge in [-0.3, -0.25) is 0 Å². The maximum atomic E-state index is 3.85. The second kappa shape index (κ2) is 8.16. The molecule has 2 heteroatoms. The summed E-state index contributed by atoms with van der Waals surface area (Å²) in [6.45, 7) is 13.2. The minimum atomic E-state index is 0.727. The second-order valence-corrected chi connectivity index (χ2v) is 7.11. The van der Waals surface area contributed by atoms with Crippen molar-refractivity contribution < 1.29 is 0 Å². The van der Waals surface area contributed by atoms with Gasteiger partial charge in [-0.2, -0.15) is 0 Å². The third kappa shape index (κ3) is 6.75. The molecule has 0 radical (unpaired) electrons. The molecule has 0 saturated carbocycles. The fourth-order valence-corrected chi connectivity index (χ4v) is 3.00. The summed E-state index contributed by atoms with van der Waals surface area (Å²) in [5, 5.41) is 3.85. The summed E-state index contributed by atoms with van der Waals surface area (Å²) in [5.74, 6) is 2.51. The Morgan fingerprint density at radius 2 is 1.50 bits per heavy atom. The minimum absolute atomic E-state index is 0.727. The third-order valence-electron chi connectivity index (χ3n) is 4.05. The summed E-state index contributed by atoms with van der Waals surface area (Å²) in [7, 11) is 2.24. The first-order chi connectivity index (χ1) is 8.47. The van der Waals surface area contributed by atoms with Crippen LogP contribution < -0.4 is 5.32 Å². The van der Waals surface area contributed by atoms with Gasteiger partial charge >= 0.3 is 0 Å². The van der Waals surface area contributed by atoms with Gasteiger partial charge in [0.25, 0.3) is 0 Å². The molecule has 0 aliphatic carbocycles. The summed E-state index contributed by atoms with van der Waals surface area (Å²) in [5.41, 5.74) is 0. The van der Waals surface area contributed by atoms with Crippen molar-refractivity contribution in [2.75, 3.05) is 26.7 Å². The number of hydrogen-bond donors (Lipinski definition) is 1. The Kier molecular flexibility index (Phi) is 7.25. The zero-order chi connectivity index (χ0) is 13.5. The van der Waals surface area contributed by atoms with E-state index in [0.29, 0.717) is 0 Å². The van der Waals surface area contributed by atoms with Gasteiger partial charge in [0.1, 0.15) is 0 Å². The first-order valence-corrected chi connectivity index (χ1v) is 7.89. The molecule has 0 unspecified atom stereocenters. The lowest BCUT2D eigenvalue weighted by Crippen LogP contribution is -2.39. The van der Waals surface area contributed by atoms with Gasteiger partial charge in [-0.05, 0) is 70.1 Å². The van der Waals surface area contributed by atoms with E-state index in [4.69, 9.17) is 0 Å². The number of rotatable bonds is 7. The van der Waals surface area contributed by atoms with Crippen molar-refractivity contribution in [2.24, 2.45) is 17.8 Å². The van der Waals surface area contributed by atoms with Gasteiger partial charge in [0.2, 0.25) is 0 Å². The number of nitrogens with one attached hydrogen (secondary N) is 1. The van der Waals surface area contributed by atoms with Crippen molar-refractivity contribution in [2.45, 2.75) is 59.4 Å². The van der Waals surface area contributed by atoms with Crippen LogP contribution in [0.1, 0.15) is 53.4 Å². The largest absolute Gasteiger partial charge is 0.314 e. The quantitative estimate of drug-likeness (QED) is 0.749. The van der Waals surface area contributed by atoms with Crippen LogP contribution in [-0.4, -0.2) is 37.6 Å². The van der Waals surface area contributed by atoms with Gasteiger partial charge in [0, 0.05) is 6.04 Å². The maximum Gasteiger partial charge on any atom is 0.00720 e. The Hall–Kier alpha value is -0.0800. The van der Waals surface area contributed by atoms with Crippen molar-refractivity contribution >= 4 is 0 Å². The Morgan fingerprint density at radius 1 is 1.00 bits per heavy atom. The molecule has 2 nitrogen and oxygen atoms in total. The molecule has 0 amide bonds. The molecule has 0 bridgehead atoms. The molecule has 1 N–H and O–H groups in total. The minimum Gasteiger partial charge on any atom is -0.314 e. The van der Waals surface area contributed by atoms with Gasteiger partial charge in [0.05, 0.1) is 0 Å². The fraction of sp³-hybridized carbons (Fsp3) is 1.00. The molecule has 108 valence electrons. The van der Waals surface area contributed by atoms with E-state index < -0.39 is 0 Å². The highest BCUT2D eigenvalue weighted by atomic mass is 15.1. The van der Waals surface area contributed by atoms with Gasteiger partial charge in [-0.25, -0.2) is 0 Å². The molecule has 1 rings (SSSR count). The van der Waals surface area contributed by atoms with Crippen LogP contribution in [0.5, 0.6) is 0 Å². The zero-order valence-electron chi connectivity index (χ0n) is 13.2. The summed E-state index contributed by atoms with van der Waals surface area (Å²) in [6, 6.07) is 0.727.